The molecule has 1 aromatic heterocycles. The summed E-state index contributed by atoms with van der Waals surface area (Å²) >= 11 is 0. The van der Waals surface area contributed by atoms with E-state index in [4.69, 9.17) is 0 Å². The van der Waals surface area contributed by atoms with Gasteiger partial charge in [0, 0.05) is 31.8 Å². The lowest BCUT2D eigenvalue weighted by Gasteiger charge is -2.12. The average Bonchev–Trinajstić information content (AvgIpc) is 2.68. The van der Waals surface area contributed by atoms with E-state index in [2.05, 4.69) is 10.2 Å². The first-order valence-electron chi connectivity index (χ1n) is 8.91. The zero-order chi connectivity index (χ0) is 20.8. The molecule has 0 aliphatic carbocycles. The number of hydrogen-bond acceptors (Lipinski definition) is 6. The maximum atomic E-state index is 12.4. The second kappa shape index (κ2) is 8.95. The standard InChI is InChI=1S/C20H23N5O3/c1-5-6-11-25-19(27)16(12-21)13(2)17(20(25)28)23-22-15-9-7-14(8-10-15)18(26)24(3)4/h7-10,28H,5-6,11H2,1-4H3/b23-22+. The summed E-state index contributed by atoms with van der Waals surface area (Å²) in [6.45, 7) is 3.81. The number of pyridine rings is 1. The summed E-state index contributed by atoms with van der Waals surface area (Å²) in [6.07, 6.45) is 1.51. The molecule has 8 nitrogen and oxygen atoms in total. The van der Waals surface area contributed by atoms with Gasteiger partial charge in [0.15, 0.2) is 5.69 Å². The van der Waals surface area contributed by atoms with Crippen LogP contribution in [-0.2, 0) is 6.54 Å². The van der Waals surface area contributed by atoms with E-state index in [1.165, 1.54) is 4.90 Å². The van der Waals surface area contributed by atoms with Crippen LogP contribution >= 0.6 is 0 Å². The Bertz CT molecular complexity index is 998. The molecular weight excluding hydrogens is 358 g/mol. The van der Waals surface area contributed by atoms with E-state index in [9.17, 15) is 20.0 Å². The summed E-state index contributed by atoms with van der Waals surface area (Å²) in [5, 5.41) is 28.0. The van der Waals surface area contributed by atoms with Crippen molar-refractivity contribution in [1.29, 1.82) is 5.26 Å². The fourth-order valence-electron chi connectivity index (χ4n) is 2.62. The van der Waals surface area contributed by atoms with Gasteiger partial charge in [0.1, 0.15) is 11.6 Å². The molecule has 1 amide bonds. The summed E-state index contributed by atoms with van der Waals surface area (Å²) in [5.41, 5.74) is 0.759. The summed E-state index contributed by atoms with van der Waals surface area (Å²) in [7, 11) is 3.34. The molecule has 0 aliphatic heterocycles. The molecule has 0 atom stereocenters. The molecule has 0 saturated carbocycles. The van der Waals surface area contributed by atoms with Crippen molar-refractivity contribution in [2.24, 2.45) is 10.2 Å². The van der Waals surface area contributed by atoms with Crippen molar-refractivity contribution < 1.29 is 9.90 Å². The molecule has 0 saturated heterocycles. The largest absolute Gasteiger partial charge is 0.493 e. The lowest BCUT2D eigenvalue weighted by atomic mass is 10.1. The molecule has 1 N–H and O–H groups in total. The van der Waals surface area contributed by atoms with Gasteiger partial charge in [-0.15, -0.1) is 5.11 Å². The highest BCUT2D eigenvalue weighted by Crippen LogP contribution is 2.32. The molecule has 1 aromatic carbocycles. The van der Waals surface area contributed by atoms with E-state index in [1.807, 2.05) is 13.0 Å². The number of nitrogens with zero attached hydrogens (tertiary/aromatic N) is 5. The van der Waals surface area contributed by atoms with Crippen LogP contribution in [0.1, 0.15) is 41.3 Å². The molecule has 0 spiro atoms. The highest BCUT2D eigenvalue weighted by atomic mass is 16.3. The maximum Gasteiger partial charge on any atom is 0.271 e. The third-order valence-electron chi connectivity index (χ3n) is 4.29. The van der Waals surface area contributed by atoms with E-state index < -0.39 is 5.56 Å². The van der Waals surface area contributed by atoms with Crippen molar-refractivity contribution in [3.63, 3.8) is 0 Å². The SMILES string of the molecule is CCCCn1c(O)c(/N=N/c2ccc(C(=O)N(C)C)cc2)c(C)c(C#N)c1=O. The van der Waals surface area contributed by atoms with Crippen LogP contribution in [0.4, 0.5) is 11.4 Å². The van der Waals surface area contributed by atoms with Gasteiger partial charge in [0.25, 0.3) is 11.5 Å². The monoisotopic (exact) mass is 381 g/mol. The number of rotatable bonds is 6. The van der Waals surface area contributed by atoms with E-state index in [0.29, 0.717) is 24.2 Å². The molecule has 0 fully saturated rings. The van der Waals surface area contributed by atoms with Gasteiger partial charge >= 0.3 is 0 Å². The minimum Gasteiger partial charge on any atom is -0.493 e. The van der Waals surface area contributed by atoms with Crippen molar-refractivity contribution in [3.05, 3.63) is 51.3 Å². The first kappa shape index (κ1) is 20.8. The quantitative estimate of drug-likeness (QED) is 0.770. The Morgan fingerprint density at radius 3 is 2.43 bits per heavy atom. The smallest absolute Gasteiger partial charge is 0.271 e. The maximum absolute atomic E-state index is 12.4. The van der Waals surface area contributed by atoms with Crippen LogP contribution in [0.2, 0.25) is 0 Å². The summed E-state index contributed by atoms with van der Waals surface area (Å²) in [4.78, 5) is 25.8. The number of azo groups is 1. The van der Waals surface area contributed by atoms with Crippen molar-refractivity contribution in [2.75, 3.05) is 14.1 Å². The van der Waals surface area contributed by atoms with Crippen LogP contribution in [0.3, 0.4) is 0 Å². The van der Waals surface area contributed by atoms with Crippen molar-refractivity contribution in [1.82, 2.24) is 9.47 Å². The van der Waals surface area contributed by atoms with Gasteiger partial charge in [-0.2, -0.15) is 10.4 Å². The molecule has 8 heteroatoms. The number of aromatic hydroxyl groups is 1. The Balaban J connectivity index is 2.44. The summed E-state index contributed by atoms with van der Waals surface area (Å²) < 4.78 is 1.16. The van der Waals surface area contributed by atoms with Gasteiger partial charge < -0.3 is 10.0 Å². The van der Waals surface area contributed by atoms with Crippen LogP contribution in [0.25, 0.3) is 0 Å². The molecule has 2 aromatic rings. The van der Waals surface area contributed by atoms with Crippen LogP contribution < -0.4 is 5.56 Å². The highest BCUT2D eigenvalue weighted by molar-refractivity contribution is 5.94. The predicted molar refractivity (Wildman–Crippen MR) is 105 cm³/mol. The van der Waals surface area contributed by atoms with Gasteiger partial charge in [-0.25, -0.2) is 0 Å². The topological polar surface area (TPSA) is 111 Å². The lowest BCUT2D eigenvalue weighted by Crippen LogP contribution is -2.23. The molecule has 146 valence electrons. The first-order valence-corrected chi connectivity index (χ1v) is 8.91. The Kier molecular flexibility index (Phi) is 6.66. The van der Waals surface area contributed by atoms with Gasteiger partial charge in [-0.05, 0) is 37.6 Å². The molecular formula is C20H23N5O3. The van der Waals surface area contributed by atoms with Gasteiger partial charge in [-0.3, -0.25) is 14.2 Å². The Morgan fingerprint density at radius 1 is 1.25 bits per heavy atom. The summed E-state index contributed by atoms with van der Waals surface area (Å²) in [5.74, 6) is -0.434. The average molecular weight is 381 g/mol. The van der Waals surface area contributed by atoms with Gasteiger partial charge in [0.05, 0.1) is 5.69 Å². The Hall–Kier alpha value is -3.47. The number of benzene rings is 1. The number of nitriles is 1. The van der Waals surface area contributed by atoms with E-state index >= 15 is 0 Å². The zero-order valence-corrected chi connectivity index (χ0v) is 16.4. The van der Waals surface area contributed by atoms with Crippen molar-refractivity contribution in [3.8, 4) is 11.9 Å². The molecule has 28 heavy (non-hydrogen) atoms. The number of carbonyl (C=O) groups is 1. The van der Waals surface area contributed by atoms with Crippen molar-refractivity contribution >= 4 is 17.3 Å². The molecule has 0 bridgehead atoms. The second-order valence-corrected chi connectivity index (χ2v) is 6.54. The van der Waals surface area contributed by atoms with Crippen LogP contribution in [0.5, 0.6) is 5.88 Å². The first-order chi connectivity index (χ1) is 13.3. The molecule has 0 radical (unpaired) electrons. The minimum absolute atomic E-state index is 0.0604. The Labute approximate surface area is 163 Å². The van der Waals surface area contributed by atoms with E-state index in [1.54, 1.807) is 45.3 Å². The number of aromatic nitrogens is 1. The van der Waals surface area contributed by atoms with Crippen LogP contribution in [-0.4, -0.2) is 34.6 Å². The third-order valence-corrected chi connectivity index (χ3v) is 4.29. The van der Waals surface area contributed by atoms with Crippen molar-refractivity contribution in [2.45, 2.75) is 33.2 Å². The zero-order valence-electron chi connectivity index (χ0n) is 16.4. The molecule has 0 aliphatic rings. The van der Waals surface area contributed by atoms with Gasteiger partial charge in [-0.1, -0.05) is 13.3 Å². The second-order valence-electron chi connectivity index (χ2n) is 6.54. The van der Waals surface area contributed by atoms with Crippen LogP contribution in [0.15, 0.2) is 39.3 Å². The number of amides is 1. The van der Waals surface area contributed by atoms with E-state index in [-0.39, 0.29) is 28.6 Å². The number of hydrogen-bond donors (Lipinski definition) is 1. The molecule has 0 unspecified atom stereocenters. The van der Waals surface area contributed by atoms with Gasteiger partial charge in [0.2, 0.25) is 5.88 Å². The lowest BCUT2D eigenvalue weighted by molar-refractivity contribution is 0.0827. The predicted octanol–water partition coefficient (Wildman–Crippen LogP) is 3.65. The highest BCUT2D eigenvalue weighted by Gasteiger charge is 2.19. The minimum atomic E-state index is -0.531. The fourth-order valence-corrected chi connectivity index (χ4v) is 2.62. The number of carbonyl (C=O) groups excluding carboxylic acids is 1. The van der Waals surface area contributed by atoms with E-state index in [0.717, 1.165) is 11.0 Å². The summed E-state index contributed by atoms with van der Waals surface area (Å²) in [6, 6.07) is 8.41. The van der Waals surface area contributed by atoms with Crippen LogP contribution in [0, 0.1) is 18.3 Å². The fraction of sp³-hybridized carbons (Fsp3) is 0.350. The molecule has 2 rings (SSSR count). The normalized spacial score (nSPS) is 10.8. The third kappa shape index (κ3) is 4.26. The Morgan fingerprint density at radius 2 is 1.89 bits per heavy atom. The number of unbranched alkanes of at least 4 members (excludes halogenated alkanes) is 1. The molecule has 1 heterocycles.